The first-order valence-electron chi connectivity index (χ1n) is 14.5. The van der Waals surface area contributed by atoms with Gasteiger partial charge in [-0.3, -0.25) is 14.3 Å². The molecule has 7 nitrogen and oxygen atoms in total. The lowest BCUT2D eigenvalue weighted by atomic mass is 9.81. The smallest absolute Gasteiger partial charge is 0.306 e. The maximum Gasteiger partial charge on any atom is 0.306 e. The third-order valence-corrected chi connectivity index (χ3v) is 9.05. The van der Waals surface area contributed by atoms with Gasteiger partial charge in [-0.1, -0.05) is 30.7 Å². The molecular formula is C32H38ClFN2O5. The Labute approximate surface area is 245 Å². The van der Waals surface area contributed by atoms with Crippen LogP contribution >= 0.6 is 11.6 Å². The molecule has 0 radical (unpaired) electrons. The van der Waals surface area contributed by atoms with Crippen molar-refractivity contribution >= 4 is 17.6 Å². The van der Waals surface area contributed by atoms with Crippen LogP contribution in [0.2, 0.25) is 5.02 Å². The van der Waals surface area contributed by atoms with E-state index in [4.69, 9.17) is 16.3 Å². The van der Waals surface area contributed by atoms with Crippen LogP contribution in [0.5, 0.6) is 17.5 Å². The molecule has 1 unspecified atom stereocenters. The van der Waals surface area contributed by atoms with Crippen LogP contribution in [0.15, 0.2) is 42.5 Å². The number of aliphatic carboxylic acids is 1. The van der Waals surface area contributed by atoms with E-state index in [1.807, 2.05) is 6.07 Å². The monoisotopic (exact) mass is 584 g/mol. The van der Waals surface area contributed by atoms with Gasteiger partial charge >= 0.3 is 5.97 Å². The Morgan fingerprint density at radius 3 is 2.49 bits per heavy atom. The van der Waals surface area contributed by atoms with E-state index in [1.165, 1.54) is 16.7 Å². The van der Waals surface area contributed by atoms with Gasteiger partial charge in [0, 0.05) is 31.3 Å². The molecule has 3 aromatic rings. The molecule has 1 heterocycles. The molecular weight excluding hydrogens is 547 g/mol. The Hall–Kier alpha value is -3.23. The van der Waals surface area contributed by atoms with Gasteiger partial charge in [-0.15, -0.1) is 0 Å². The molecule has 0 amide bonds. The van der Waals surface area contributed by atoms with Crippen LogP contribution in [0, 0.1) is 17.7 Å². The summed E-state index contributed by atoms with van der Waals surface area (Å²) in [6.45, 7) is 4.24. The number of ether oxygens (including phenoxy) is 1. The summed E-state index contributed by atoms with van der Waals surface area (Å²) in [4.78, 5) is 14.0. The van der Waals surface area contributed by atoms with Gasteiger partial charge in [0.25, 0.3) is 0 Å². The summed E-state index contributed by atoms with van der Waals surface area (Å²) in [5.41, 5.74) is 4.31. The Morgan fingerprint density at radius 1 is 1.07 bits per heavy atom. The Kier molecular flexibility index (Phi) is 9.09. The molecule has 1 atom stereocenters. The molecule has 2 aliphatic rings. The topological polar surface area (TPSA) is 95.2 Å². The van der Waals surface area contributed by atoms with Crippen molar-refractivity contribution < 1.29 is 29.2 Å². The molecule has 41 heavy (non-hydrogen) atoms. The van der Waals surface area contributed by atoms with Gasteiger partial charge in [0.05, 0.1) is 17.5 Å². The zero-order valence-electron chi connectivity index (χ0n) is 23.4. The number of carboxylic acid groups (broad SMARTS) is 1. The second kappa shape index (κ2) is 12.7. The maximum absolute atomic E-state index is 14.2. The summed E-state index contributed by atoms with van der Waals surface area (Å²) >= 11 is 6.22. The van der Waals surface area contributed by atoms with E-state index >= 15 is 0 Å². The van der Waals surface area contributed by atoms with Crippen molar-refractivity contribution in [3.05, 3.63) is 75.6 Å². The number of nitrogens with zero attached hydrogens (tertiary/aromatic N) is 2. The minimum Gasteiger partial charge on any atom is -0.494 e. The fraction of sp³-hybridized carbons (Fsp3) is 0.469. The van der Waals surface area contributed by atoms with Crippen molar-refractivity contribution in [2.45, 2.75) is 71.0 Å². The lowest BCUT2D eigenvalue weighted by Gasteiger charge is -2.35. The second-order valence-electron chi connectivity index (χ2n) is 11.4. The van der Waals surface area contributed by atoms with Crippen LogP contribution in [0.25, 0.3) is 0 Å². The first-order valence-corrected chi connectivity index (χ1v) is 14.9. The first kappa shape index (κ1) is 29.3. The highest BCUT2D eigenvalue weighted by Crippen LogP contribution is 2.41. The number of rotatable bonds is 11. The lowest BCUT2D eigenvalue weighted by molar-refractivity contribution is -0.143. The lowest BCUT2D eigenvalue weighted by Crippen LogP contribution is -2.34. The fourth-order valence-electron chi connectivity index (χ4n) is 6.49. The third kappa shape index (κ3) is 6.65. The highest BCUT2D eigenvalue weighted by molar-refractivity contribution is 6.30. The summed E-state index contributed by atoms with van der Waals surface area (Å²) in [5.74, 6) is -0.168. The Balaban J connectivity index is 1.32. The molecule has 9 heteroatoms. The summed E-state index contributed by atoms with van der Waals surface area (Å²) in [6.07, 6.45) is 5.65. The molecule has 0 spiro atoms. The van der Waals surface area contributed by atoms with Crippen molar-refractivity contribution in [2.75, 3.05) is 13.2 Å². The number of halogens is 2. The van der Waals surface area contributed by atoms with Crippen LogP contribution in [0.1, 0.15) is 67.3 Å². The number of aromatic nitrogens is 1. The molecule has 2 aromatic carbocycles. The number of aromatic hydroxyl groups is 2. The number of carboxylic acids is 1. The van der Waals surface area contributed by atoms with E-state index in [0.717, 1.165) is 66.7 Å². The maximum atomic E-state index is 14.2. The second-order valence-corrected chi connectivity index (χ2v) is 11.8. The molecule has 3 N–H and O–H groups in total. The van der Waals surface area contributed by atoms with Crippen LogP contribution in [0.3, 0.4) is 0 Å². The third-order valence-electron chi connectivity index (χ3n) is 8.76. The van der Waals surface area contributed by atoms with Crippen LogP contribution in [-0.2, 0) is 30.7 Å². The molecule has 1 saturated carbocycles. The van der Waals surface area contributed by atoms with Crippen molar-refractivity contribution in [2.24, 2.45) is 11.8 Å². The van der Waals surface area contributed by atoms with Crippen LogP contribution < -0.4 is 4.74 Å². The molecule has 220 valence electrons. The molecule has 5 rings (SSSR count). The van der Waals surface area contributed by atoms with Crippen LogP contribution in [-0.4, -0.2) is 43.9 Å². The number of aryl methyl sites for hydroxylation is 2. The quantitative estimate of drug-likeness (QED) is 0.232. The number of benzene rings is 2. The molecule has 1 fully saturated rings. The molecule has 2 aliphatic carbocycles. The Morgan fingerprint density at radius 2 is 1.80 bits per heavy atom. The summed E-state index contributed by atoms with van der Waals surface area (Å²) in [5, 5.41) is 29.3. The van der Waals surface area contributed by atoms with E-state index in [2.05, 4.69) is 24.0 Å². The van der Waals surface area contributed by atoms with E-state index in [0.29, 0.717) is 38.5 Å². The van der Waals surface area contributed by atoms with Gasteiger partial charge < -0.3 is 20.1 Å². The van der Waals surface area contributed by atoms with E-state index in [-0.39, 0.29) is 34.6 Å². The summed E-state index contributed by atoms with van der Waals surface area (Å²) in [6, 6.07) is 12.6. The summed E-state index contributed by atoms with van der Waals surface area (Å²) in [7, 11) is 0. The fourth-order valence-corrected chi connectivity index (χ4v) is 6.66. The molecule has 1 aromatic heterocycles. The van der Waals surface area contributed by atoms with Crippen molar-refractivity contribution in [1.29, 1.82) is 0 Å². The molecule has 0 bridgehead atoms. The minimum atomic E-state index is -0.696. The van der Waals surface area contributed by atoms with Gasteiger partial charge in [-0.05, 0) is 91.3 Å². The number of carbonyl (C=O) groups is 1. The average Bonchev–Trinajstić information content (AvgIpc) is 3.51. The van der Waals surface area contributed by atoms with E-state index in [1.54, 1.807) is 12.1 Å². The van der Waals surface area contributed by atoms with Crippen molar-refractivity contribution in [3.8, 4) is 17.5 Å². The highest BCUT2D eigenvalue weighted by Gasteiger charge is 2.33. The zero-order chi connectivity index (χ0) is 29.1. The van der Waals surface area contributed by atoms with Gasteiger partial charge in [0.1, 0.15) is 18.2 Å². The normalized spacial score (nSPS) is 20.3. The number of fused-ring (bicyclic) bond motifs is 1. The summed E-state index contributed by atoms with van der Waals surface area (Å²) < 4.78 is 21.6. The zero-order valence-corrected chi connectivity index (χ0v) is 24.1. The average molecular weight is 585 g/mol. The Bertz CT molecular complexity index is 1370. The van der Waals surface area contributed by atoms with Gasteiger partial charge in [-0.2, -0.15) is 0 Å². The SMILES string of the molecule is CCc1cc(CN(CC2CCC(C(=O)O)CC2)C2CCc3cc(F)c(Cl)cc32)ccc1OCCn1c(O)ccc1O. The molecule has 0 aliphatic heterocycles. The van der Waals surface area contributed by atoms with Gasteiger partial charge in [0.15, 0.2) is 11.8 Å². The van der Waals surface area contributed by atoms with Crippen molar-refractivity contribution in [1.82, 2.24) is 9.47 Å². The van der Waals surface area contributed by atoms with Gasteiger partial charge in [-0.25, -0.2) is 4.39 Å². The van der Waals surface area contributed by atoms with E-state index < -0.39 is 5.97 Å². The largest absolute Gasteiger partial charge is 0.494 e. The van der Waals surface area contributed by atoms with Crippen molar-refractivity contribution in [3.63, 3.8) is 0 Å². The standard InChI is InChI=1S/C32H38ClFN2O5/c1-2-22-15-21(5-10-29(22)41-14-13-36-30(37)11-12-31(36)38)19-35(18-20-3-6-23(7-4-20)32(39)40)28-9-8-24-16-27(34)26(33)17-25(24)28/h5,10-12,15-17,20,23,28,37-38H,2-4,6-9,13-14,18-19H2,1H3,(H,39,40). The minimum absolute atomic E-state index is 0.00814. The van der Waals surface area contributed by atoms with Gasteiger partial charge in [0.2, 0.25) is 0 Å². The van der Waals surface area contributed by atoms with E-state index in [9.17, 15) is 24.5 Å². The highest BCUT2D eigenvalue weighted by atomic mass is 35.5. The predicted octanol–water partition coefficient (Wildman–Crippen LogP) is 6.71. The first-order chi connectivity index (χ1) is 19.7. The van der Waals surface area contributed by atoms with Crippen LogP contribution in [0.4, 0.5) is 4.39 Å². The predicted molar refractivity (Wildman–Crippen MR) is 155 cm³/mol. The number of hydrogen-bond acceptors (Lipinski definition) is 5. The molecule has 0 saturated heterocycles. The number of hydrogen-bond donors (Lipinski definition) is 3.